The van der Waals surface area contributed by atoms with Gasteiger partial charge in [0.05, 0.1) is 0 Å². The van der Waals surface area contributed by atoms with E-state index in [1.54, 1.807) is 4.90 Å². The predicted octanol–water partition coefficient (Wildman–Crippen LogP) is 3.15. The number of alkyl halides is 3. The highest BCUT2D eigenvalue weighted by atomic mass is 19.4. The highest BCUT2D eigenvalue weighted by Crippen LogP contribution is 2.47. The molecule has 3 nitrogen and oxygen atoms in total. The lowest BCUT2D eigenvalue weighted by atomic mass is 9.78. The molecule has 1 saturated heterocycles. The Morgan fingerprint density at radius 3 is 2.35 bits per heavy atom. The molecule has 0 amide bonds. The van der Waals surface area contributed by atoms with Crippen LogP contribution < -0.4 is 0 Å². The summed E-state index contributed by atoms with van der Waals surface area (Å²) in [6.07, 6.45) is -2.25. The van der Waals surface area contributed by atoms with Gasteiger partial charge < -0.3 is 5.11 Å². The molecule has 0 radical (unpaired) electrons. The summed E-state index contributed by atoms with van der Waals surface area (Å²) in [6.45, 7) is 4.14. The Hall–Kier alpha value is -0.780. The smallest absolute Gasteiger partial charge is 0.406 e. The Morgan fingerprint density at radius 1 is 1.25 bits per heavy atom. The highest BCUT2D eigenvalue weighted by Gasteiger charge is 2.64. The molecule has 0 aromatic heterocycles. The first-order valence-corrected chi connectivity index (χ1v) is 7.21. The average molecular weight is 293 g/mol. The number of hydrogen-bond acceptors (Lipinski definition) is 2. The van der Waals surface area contributed by atoms with Crippen molar-refractivity contribution in [1.82, 2.24) is 4.90 Å². The molecule has 2 rings (SSSR count). The number of nitrogens with zero attached hydrogens (tertiary/aromatic N) is 1. The summed E-state index contributed by atoms with van der Waals surface area (Å²) in [6, 6.07) is 0.102. The van der Waals surface area contributed by atoms with Crippen LogP contribution in [0.2, 0.25) is 0 Å². The van der Waals surface area contributed by atoms with Crippen LogP contribution in [-0.2, 0) is 4.79 Å². The fraction of sp³-hybridized carbons (Fsp3) is 0.929. The lowest BCUT2D eigenvalue weighted by molar-refractivity contribution is -0.228. The van der Waals surface area contributed by atoms with E-state index < -0.39 is 24.1 Å². The normalized spacial score (nSPS) is 40.0. The van der Waals surface area contributed by atoms with Crippen molar-refractivity contribution in [2.24, 2.45) is 17.3 Å². The van der Waals surface area contributed by atoms with Crippen LogP contribution in [0.4, 0.5) is 13.2 Å². The molecule has 2 fully saturated rings. The summed E-state index contributed by atoms with van der Waals surface area (Å²) >= 11 is 0. The number of hydrogen-bond donors (Lipinski definition) is 1. The largest absolute Gasteiger partial charge is 0.481 e. The van der Waals surface area contributed by atoms with Gasteiger partial charge in [-0.25, -0.2) is 0 Å². The Labute approximate surface area is 117 Å². The van der Waals surface area contributed by atoms with Gasteiger partial charge in [-0.2, -0.15) is 13.2 Å². The van der Waals surface area contributed by atoms with E-state index >= 15 is 0 Å². The van der Waals surface area contributed by atoms with Gasteiger partial charge in [-0.05, 0) is 44.1 Å². The minimum absolute atomic E-state index is 0.102. The van der Waals surface area contributed by atoms with E-state index in [0.29, 0.717) is 11.8 Å². The fourth-order valence-electron chi connectivity index (χ4n) is 3.53. The monoisotopic (exact) mass is 293 g/mol. The second-order valence-electron chi connectivity index (χ2n) is 6.53. The molecule has 116 valence electrons. The third kappa shape index (κ3) is 2.54. The van der Waals surface area contributed by atoms with Crippen LogP contribution in [0.25, 0.3) is 0 Å². The van der Waals surface area contributed by atoms with Gasteiger partial charge in [0, 0.05) is 12.6 Å². The summed E-state index contributed by atoms with van der Waals surface area (Å²) in [4.78, 5) is 12.9. The van der Waals surface area contributed by atoms with Gasteiger partial charge >= 0.3 is 12.1 Å². The third-order valence-electron chi connectivity index (χ3n) is 5.34. The Kier molecular flexibility index (Phi) is 4.06. The van der Waals surface area contributed by atoms with Gasteiger partial charge in [0.25, 0.3) is 0 Å². The highest BCUT2D eigenvalue weighted by molar-refractivity contribution is 5.76. The number of carboxylic acid groups (broad SMARTS) is 1. The van der Waals surface area contributed by atoms with Crippen molar-refractivity contribution >= 4 is 5.97 Å². The van der Waals surface area contributed by atoms with Crippen LogP contribution >= 0.6 is 0 Å². The van der Waals surface area contributed by atoms with Crippen molar-refractivity contribution in [3.63, 3.8) is 0 Å². The number of halogens is 3. The molecule has 0 bridgehead atoms. The van der Waals surface area contributed by atoms with Crippen LogP contribution in [0, 0.1) is 17.3 Å². The summed E-state index contributed by atoms with van der Waals surface area (Å²) in [7, 11) is 0. The number of rotatable bonds is 2. The second kappa shape index (κ2) is 5.20. The van der Waals surface area contributed by atoms with Gasteiger partial charge in [0.15, 0.2) is 5.41 Å². The third-order valence-corrected chi connectivity index (χ3v) is 5.34. The van der Waals surface area contributed by atoms with Gasteiger partial charge in [0.1, 0.15) is 0 Å². The first kappa shape index (κ1) is 15.6. The zero-order chi connectivity index (χ0) is 15.1. The van der Waals surface area contributed by atoms with E-state index in [1.165, 1.54) is 0 Å². The molecule has 20 heavy (non-hydrogen) atoms. The van der Waals surface area contributed by atoms with Crippen molar-refractivity contribution < 1.29 is 23.1 Å². The van der Waals surface area contributed by atoms with Crippen molar-refractivity contribution in [3.05, 3.63) is 0 Å². The van der Waals surface area contributed by atoms with Gasteiger partial charge in [0.2, 0.25) is 0 Å². The van der Waals surface area contributed by atoms with Crippen molar-refractivity contribution in [3.8, 4) is 0 Å². The summed E-state index contributed by atoms with van der Waals surface area (Å²) < 4.78 is 39.4. The fourth-order valence-corrected chi connectivity index (χ4v) is 3.53. The van der Waals surface area contributed by atoms with E-state index in [-0.39, 0.29) is 19.0 Å². The topological polar surface area (TPSA) is 40.5 Å². The van der Waals surface area contributed by atoms with Crippen LogP contribution in [-0.4, -0.2) is 41.3 Å². The zero-order valence-electron chi connectivity index (χ0n) is 11.9. The predicted molar refractivity (Wildman–Crippen MR) is 68.3 cm³/mol. The van der Waals surface area contributed by atoms with E-state index in [9.17, 15) is 18.0 Å². The molecule has 0 aromatic rings. The summed E-state index contributed by atoms with van der Waals surface area (Å²) in [5.41, 5.74) is -2.57. The first-order chi connectivity index (χ1) is 9.17. The standard InChI is InChI=1S/C14H22F3NO2/c1-9-3-4-11(7-10(9)2)18-6-5-13(8-18,12(19)20)14(15,16)17/h9-11H,3-8H2,1-2H3,(H,19,20). The van der Waals surface area contributed by atoms with Crippen molar-refractivity contribution in [2.45, 2.75) is 51.7 Å². The minimum Gasteiger partial charge on any atom is -0.481 e. The number of aliphatic carboxylic acids is 1. The first-order valence-electron chi connectivity index (χ1n) is 7.21. The minimum atomic E-state index is -4.68. The van der Waals surface area contributed by atoms with Crippen LogP contribution in [0.3, 0.4) is 0 Å². The lowest BCUT2D eigenvalue weighted by Gasteiger charge is -2.38. The van der Waals surface area contributed by atoms with Crippen LogP contribution in [0.15, 0.2) is 0 Å². The van der Waals surface area contributed by atoms with E-state index in [4.69, 9.17) is 5.11 Å². The maximum Gasteiger partial charge on any atom is 0.406 e. The average Bonchev–Trinajstić information content (AvgIpc) is 2.78. The molecule has 0 aromatic carbocycles. The molecular formula is C14H22F3NO2. The van der Waals surface area contributed by atoms with Crippen LogP contribution in [0.1, 0.15) is 39.5 Å². The molecule has 1 saturated carbocycles. The molecule has 1 heterocycles. The molecule has 1 aliphatic heterocycles. The Morgan fingerprint density at radius 2 is 1.90 bits per heavy atom. The van der Waals surface area contributed by atoms with Crippen LogP contribution in [0.5, 0.6) is 0 Å². The van der Waals surface area contributed by atoms with Gasteiger partial charge in [-0.3, -0.25) is 9.69 Å². The second-order valence-corrected chi connectivity index (χ2v) is 6.53. The number of likely N-dealkylation sites (tertiary alicyclic amines) is 1. The summed E-state index contributed by atoms with van der Waals surface area (Å²) in [5, 5.41) is 9.06. The molecule has 1 N–H and O–H groups in total. The van der Waals surface area contributed by atoms with Gasteiger partial charge in [-0.15, -0.1) is 0 Å². The van der Waals surface area contributed by atoms with E-state index in [1.807, 2.05) is 0 Å². The number of carboxylic acids is 1. The maximum atomic E-state index is 13.1. The molecule has 4 unspecified atom stereocenters. The lowest BCUT2D eigenvalue weighted by Crippen LogP contribution is -2.49. The number of carbonyl (C=O) groups is 1. The maximum absolute atomic E-state index is 13.1. The molecular weight excluding hydrogens is 271 g/mol. The SMILES string of the molecule is CC1CCC(N2CCC(C(=O)O)(C(F)(F)F)C2)CC1C. The molecule has 0 spiro atoms. The van der Waals surface area contributed by atoms with E-state index in [2.05, 4.69) is 13.8 Å². The zero-order valence-corrected chi connectivity index (χ0v) is 11.9. The van der Waals surface area contributed by atoms with Crippen molar-refractivity contribution in [2.75, 3.05) is 13.1 Å². The Balaban J connectivity index is 2.10. The van der Waals surface area contributed by atoms with Gasteiger partial charge in [-0.1, -0.05) is 13.8 Å². The molecule has 6 heteroatoms. The quantitative estimate of drug-likeness (QED) is 0.850. The molecule has 2 aliphatic rings. The van der Waals surface area contributed by atoms with E-state index in [0.717, 1.165) is 19.3 Å². The van der Waals surface area contributed by atoms with Crippen molar-refractivity contribution in [1.29, 1.82) is 0 Å². The molecule has 1 aliphatic carbocycles. The molecule has 4 atom stereocenters. The Bertz CT molecular complexity index is 385. The summed E-state index contributed by atoms with van der Waals surface area (Å²) in [5.74, 6) is -0.648.